The maximum Gasteiger partial charge on any atom is 0.230 e. The fourth-order valence-electron chi connectivity index (χ4n) is 1.31. The lowest BCUT2D eigenvalue weighted by Crippen LogP contribution is -2.44. The molecule has 0 saturated carbocycles. The van der Waals surface area contributed by atoms with E-state index in [1.54, 1.807) is 19.1 Å². The standard InChI is InChI=1S/C15H20N2O2S/c1-11(2)15(3,19)10-17-14(18)9-20-13-6-4-12(8-16)5-7-13/h4-7,11,19H,9-10H2,1-3H3,(H,17,18). The van der Waals surface area contributed by atoms with Crippen molar-refractivity contribution in [3.63, 3.8) is 0 Å². The van der Waals surface area contributed by atoms with Crippen molar-refractivity contribution in [3.8, 4) is 6.07 Å². The Morgan fingerprint density at radius 1 is 1.45 bits per heavy atom. The number of carbonyl (C=O) groups is 1. The molecule has 20 heavy (non-hydrogen) atoms. The minimum atomic E-state index is -0.894. The van der Waals surface area contributed by atoms with Crippen LogP contribution in [0, 0.1) is 17.2 Å². The molecule has 0 bridgehead atoms. The van der Waals surface area contributed by atoms with Crippen LogP contribution in [0.1, 0.15) is 26.3 Å². The normalized spacial score (nSPS) is 13.6. The van der Waals surface area contributed by atoms with E-state index < -0.39 is 5.60 Å². The smallest absolute Gasteiger partial charge is 0.230 e. The monoisotopic (exact) mass is 292 g/mol. The summed E-state index contributed by atoms with van der Waals surface area (Å²) in [7, 11) is 0. The SMILES string of the molecule is CC(C)C(C)(O)CNC(=O)CSc1ccc(C#N)cc1. The Hall–Kier alpha value is -1.51. The van der Waals surface area contributed by atoms with E-state index in [1.165, 1.54) is 11.8 Å². The summed E-state index contributed by atoms with van der Waals surface area (Å²) in [5.74, 6) is 0.259. The van der Waals surface area contributed by atoms with E-state index in [0.29, 0.717) is 11.3 Å². The quantitative estimate of drug-likeness (QED) is 0.788. The van der Waals surface area contributed by atoms with E-state index >= 15 is 0 Å². The molecule has 0 saturated heterocycles. The van der Waals surface area contributed by atoms with Crippen molar-refractivity contribution in [1.29, 1.82) is 5.26 Å². The summed E-state index contributed by atoms with van der Waals surface area (Å²) < 4.78 is 0. The van der Waals surface area contributed by atoms with Gasteiger partial charge in [-0.1, -0.05) is 13.8 Å². The fraction of sp³-hybridized carbons (Fsp3) is 0.467. The number of nitrogens with one attached hydrogen (secondary N) is 1. The van der Waals surface area contributed by atoms with Crippen LogP contribution in [0.3, 0.4) is 0 Å². The predicted octanol–water partition coefficient (Wildman–Crippen LogP) is 2.17. The highest BCUT2D eigenvalue weighted by atomic mass is 32.2. The van der Waals surface area contributed by atoms with Gasteiger partial charge in [-0.2, -0.15) is 5.26 Å². The lowest BCUT2D eigenvalue weighted by molar-refractivity contribution is -0.120. The second-order valence-corrected chi connectivity index (χ2v) is 6.26. The number of thioether (sulfide) groups is 1. The topological polar surface area (TPSA) is 73.1 Å². The summed E-state index contributed by atoms with van der Waals surface area (Å²) in [6.45, 7) is 5.79. The lowest BCUT2D eigenvalue weighted by Gasteiger charge is -2.27. The van der Waals surface area contributed by atoms with Crippen LogP contribution in [0.15, 0.2) is 29.2 Å². The first-order valence-corrected chi connectivity index (χ1v) is 7.46. The van der Waals surface area contributed by atoms with Gasteiger partial charge in [-0.05, 0) is 37.1 Å². The highest BCUT2D eigenvalue weighted by Gasteiger charge is 2.25. The van der Waals surface area contributed by atoms with Gasteiger partial charge in [0.25, 0.3) is 0 Å². The number of carbonyl (C=O) groups excluding carboxylic acids is 1. The molecule has 1 unspecified atom stereocenters. The Labute approximate surface area is 124 Å². The first kappa shape index (κ1) is 16.5. The second kappa shape index (κ2) is 7.32. The number of benzene rings is 1. The van der Waals surface area contributed by atoms with Crippen molar-refractivity contribution in [2.24, 2.45) is 5.92 Å². The largest absolute Gasteiger partial charge is 0.388 e. The number of aliphatic hydroxyl groups is 1. The van der Waals surface area contributed by atoms with Crippen molar-refractivity contribution in [2.45, 2.75) is 31.3 Å². The molecule has 0 aromatic heterocycles. The van der Waals surface area contributed by atoms with Gasteiger partial charge in [0, 0.05) is 11.4 Å². The lowest BCUT2D eigenvalue weighted by atomic mass is 9.93. The van der Waals surface area contributed by atoms with Crippen LogP contribution in [0.25, 0.3) is 0 Å². The summed E-state index contributed by atoms with van der Waals surface area (Å²) in [5, 5.41) is 21.5. The highest BCUT2D eigenvalue weighted by Crippen LogP contribution is 2.18. The third kappa shape index (κ3) is 5.24. The molecule has 0 spiro atoms. The molecule has 5 heteroatoms. The van der Waals surface area contributed by atoms with Gasteiger partial charge in [0.15, 0.2) is 0 Å². The van der Waals surface area contributed by atoms with E-state index in [1.807, 2.05) is 26.0 Å². The average Bonchev–Trinajstić information content (AvgIpc) is 2.43. The first-order chi connectivity index (χ1) is 9.35. The Bertz CT molecular complexity index is 490. The summed E-state index contributed by atoms with van der Waals surface area (Å²) in [5.41, 5.74) is -0.291. The average molecular weight is 292 g/mol. The van der Waals surface area contributed by atoms with Crippen LogP contribution in [0.5, 0.6) is 0 Å². The van der Waals surface area contributed by atoms with Gasteiger partial charge in [0.05, 0.1) is 23.0 Å². The summed E-state index contributed by atoms with van der Waals surface area (Å²) in [6, 6.07) is 9.14. The second-order valence-electron chi connectivity index (χ2n) is 5.21. The molecule has 0 radical (unpaired) electrons. The van der Waals surface area contributed by atoms with Crippen molar-refractivity contribution >= 4 is 17.7 Å². The van der Waals surface area contributed by atoms with E-state index in [-0.39, 0.29) is 18.4 Å². The third-order valence-electron chi connectivity index (χ3n) is 3.24. The third-order valence-corrected chi connectivity index (χ3v) is 4.25. The number of nitrogens with zero attached hydrogens (tertiary/aromatic N) is 1. The van der Waals surface area contributed by atoms with Crippen LogP contribution in [-0.2, 0) is 4.79 Å². The van der Waals surface area contributed by atoms with Gasteiger partial charge in [0.2, 0.25) is 5.91 Å². The van der Waals surface area contributed by atoms with Gasteiger partial charge in [-0.15, -0.1) is 11.8 Å². The predicted molar refractivity (Wildman–Crippen MR) is 80.4 cm³/mol. The zero-order valence-electron chi connectivity index (χ0n) is 12.0. The van der Waals surface area contributed by atoms with Gasteiger partial charge in [0.1, 0.15) is 0 Å². The number of hydrogen-bond acceptors (Lipinski definition) is 4. The molecule has 0 aliphatic carbocycles. The molecule has 2 N–H and O–H groups in total. The van der Waals surface area contributed by atoms with Gasteiger partial charge in [-0.3, -0.25) is 4.79 Å². The molecule has 1 aromatic carbocycles. The number of amides is 1. The molecular weight excluding hydrogens is 272 g/mol. The summed E-state index contributed by atoms with van der Waals surface area (Å²) in [4.78, 5) is 12.7. The molecule has 1 amide bonds. The Morgan fingerprint density at radius 3 is 2.55 bits per heavy atom. The van der Waals surface area contributed by atoms with E-state index in [2.05, 4.69) is 11.4 Å². The number of nitriles is 1. The first-order valence-electron chi connectivity index (χ1n) is 6.47. The maximum atomic E-state index is 11.7. The fourth-order valence-corrected chi connectivity index (χ4v) is 2.04. The molecule has 0 aliphatic rings. The minimum Gasteiger partial charge on any atom is -0.388 e. The van der Waals surface area contributed by atoms with Crippen LogP contribution in [-0.4, -0.2) is 28.9 Å². The Morgan fingerprint density at radius 2 is 2.05 bits per heavy atom. The van der Waals surface area contributed by atoms with Crippen molar-refractivity contribution in [1.82, 2.24) is 5.32 Å². The highest BCUT2D eigenvalue weighted by molar-refractivity contribution is 8.00. The molecule has 1 atom stereocenters. The number of rotatable bonds is 6. The molecule has 108 valence electrons. The molecule has 1 rings (SSSR count). The molecule has 0 heterocycles. The van der Waals surface area contributed by atoms with E-state index in [4.69, 9.17) is 5.26 Å². The van der Waals surface area contributed by atoms with Gasteiger partial charge in [-0.25, -0.2) is 0 Å². The van der Waals surface area contributed by atoms with Crippen molar-refractivity contribution in [2.75, 3.05) is 12.3 Å². The minimum absolute atomic E-state index is 0.0778. The molecule has 1 aromatic rings. The van der Waals surface area contributed by atoms with Crippen LogP contribution in [0.4, 0.5) is 0 Å². The van der Waals surface area contributed by atoms with Crippen molar-refractivity contribution in [3.05, 3.63) is 29.8 Å². The van der Waals surface area contributed by atoms with E-state index in [0.717, 1.165) is 4.90 Å². The van der Waals surface area contributed by atoms with Gasteiger partial charge < -0.3 is 10.4 Å². The Balaban J connectivity index is 2.38. The Kier molecular flexibility index (Phi) is 6.05. The maximum absolute atomic E-state index is 11.7. The molecule has 4 nitrogen and oxygen atoms in total. The zero-order chi connectivity index (χ0) is 15.2. The zero-order valence-corrected chi connectivity index (χ0v) is 12.8. The van der Waals surface area contributed by atoms with Crippen LogP contribution >= 0.6 is 11.8 Å². The summed E-state index contributed by atoms with van der Waals surface area (Å²) in [6.07, 6.45) is 0. The summed E-state index contributed by atoms with van der Waals surface area (Å²) >= 11 is 1.40. The van der Waals surface area contributed by atoms with Crippen molar-refractivity contribution < 1.29 is 9.90 Å². The van der Waals surface area contributed by atoms with Crippen LogP contribution in [0.2, 0.25) is 0 Å². The van der Waals surface area contributed by atoms with E-state index in [9.17, 15) is 9.90 Å². The molecular formula is C15H20N2O2S. The molecule has 0 aliphatic heterocycles. The van der Waals surface area contributed by atoms with Gasteiger partial charge >= 0.3 is 0 Å². The molecule has 0 fully saturated rings. The van der Waals surface area contributed by atoms with Crippen LogP contribution < -0.4 is 5.32 Å². The number of hydrogen-bond donors (Lipinski definition) is 2.